The molecule has 0 aromatic heterocycles. The SMILES string of the molecule is CCOC(=O)/C=C/C(Cc1ccccc1)NC(=O)C(Cc1ccccc1)NC(=O)OC(C)(C)C. The Kier molecular flexibility index (Phi) is 10.3. The number of nitrogens with one attached hydrogen (secondary N) is 2. The lowest BCUT2D eigenvalue weighted by Crippen LogP contribution is -2.51. The Morgan fingerprint density at radius 3 is 1.97 bits per heavy atom. The van der Waals surface area contributed by atoms with E-state index in [9.17, 15) is 14.4 Å². The van der Waals surface area contributed by atoms with Crippen LogP contribution in [-0.2, 0) is 31.9 Å². The normalized spacial score (nSPS) is 13.1. The van der Waals surface area contributed by atoms with Crippen LogP contribution < -0.4 is 10.6 Å². The lowest BCUT2D eigenvalue weighted by Gasteiger charge is -2.25. The number of amides is 2. The van der Waals surface area contributed by atoms with E-state index in [1.807, 2.05) is 60.7 Å². The fourth-order valence-corrected chi connectivity index (χ4v) is 3.21. The van der Waals surface area contributed by atoms with Gasteiger partial charge in [0.1, 0.15) is 11.6 Å². The van der Waals surface area contributed by atoms with Gasteiger partial charge >= 0.3 is 12.1 Å². The molecular weight excluding hydrogens is 432 g/mol. The van der Waals surface area contributed by atoms with Crippen molar-refractivity contribution in [2.45, 2.75) is 58.2 Å². The molecule has 2 atom stereocenters. The van der Waals surface area contributed by atoms with Crippen LogP contribution in [0.3, 0.4) is 0 Å². The van der Waals surface area contributed by atoms with Crippen LogP contribution in [0.2, 0.25) is 0 Å². The van der Waals surface area contributed by atoms with Crippen molar-refractivity contribution in [1.82, 2.24) is 10.6 Å². The molecule has 2 amide bonds. The molecule has 7 heteroatoms. The summed E-state index contributed by atoms with van der Waals surface area (Å²) in [5, 5.41) is 5.64. The summed E-state index contributed by atoms with van der Waals surface area (Å²) in [7, 11) is 0. The van der Waals surface area contributed by atoms with Crippen LogP contribution in [0.4, 0.5) is 4.79 Å². The fourth-order valence-electron chi connectivity index (χ4n) is 3.21. The Morgan fingerprint density at radius 2 is 1.44 bits per heavy atom. The quantitative estimate of drug-likeness (QED) is 0.408. The number of esters is 1. The summed E-state index contributed by atoms with van der Waals surface area (Å²) in [6.07, 6.45) is 2.99. The van der Waals surface area contributed by atoms with E-state index in [4.69, 9.17) is 9.47 Å². The first-order valence-corrected chi connectivity index (χ1v) is 11.4. The van der Waals surface area contributed by atoms with Crippen molar-refractivity contribution in [2.75, 3.05) is 6.61 Å². The summed E-state index contributed by atoms with van der Waals surface area (Å²) in [5.74, 6) is -0.869. The lowest BCUT2D eigenvalue weighted by molar-refractivity contribution is -0.137. The summed E-state index contributed by atoms with van der Waals surface area (Å²) in [6.45, 7) is 7.27. The monoisotopic (exact) mass is 466 g/mol. The van der Waals surface area contributed by atoms with Gasteiger partial charge in [-0.15, -0.1) is 0 Å². The van der Waals surface area contributed by atoms with E-state index in [1.54, 1.807) is 33.8 Å². The smallest absolute Gasteiger partial charge is 0.408 e. The highest BCUT2D eigenvalue weighted by Gasteiger charge is 2.26. The van der Waals surface area contributed by atoms with E-state index in [2.05, 4.69) is 10.6 Å². The molecular formula is C27H34N2O5. The third-order valence-corrected chi connectivity index (χ3v) is 4.67. The highest BCUT2D eigenvalue weighted by molar-refractivity contribution is 5.87. The third-order valence-electron chi connectivity index (χ3n) is 4.67. The first-order valence-electron chi connectivity index (χ1n) is 11.4. The molecule has 0 bridgehead atoms. The Balaban J connectivity index is 2.21. The maximum atomic E-state index is 13.3. The summed E-state index contributed by atoms with van der Waals surface area (Å²) >= 11 is 0. The fraction of sp³-hybridized carbons (Fsp3) is 0.370. The van der Waals surface area contributed by atoms with Crippen molar-refractivity contribution in [2.24, 2.45) is 0 Å². The van der Waals surface area contributed by atoms with Crippen LogP contribution in [0.15, 0.2) is 72.8 Å². The third kappa shape index (κ3) is 10.3. The highest BCUT2D eigenvalue weighted by Crippen LogP contribution is 2.10. The van der Waals surface area contributed by atoms with E-state index in [0.717, 1.165) is 11.1 Å². The molecule has 0 saturated heterocycles. The predicted octanol–water partition coefficient (Wildman–Crippen LogP) is 3.97. The molecule has 182 valence electrons. The minimum Gasteiger partial charge on any atom is -0.463 e. The molecule has 0 fully saturated rings. The van der Waals surface area contributed by atoms with Gasteiger partial charge in [0.2, 0.25) is 5.91 Å². The molecule has 7 nitrogen and oxygen atoms in total. The molecule has 0 aliphatic carbocycles. The molecule has 0 radical (unpaired) electrons. The minimum absolute atomic E-state index is 0.262. The number of benzene rings is 2. The van der Waals surface area contributed by atoms with Crippen LogP contribution in [0, 0.1) is 0 Å². The Morgan fingerprint density at radius 1 is 0.882 bits per heavy atom. The van der Waals surface area contributed by atoms with E-state index in [-0.39, 0.29) is 18.9 Å². The maximum absolute atomic E-state index is 13.3. The standard InChI is InChI=1S/C27H34N2O5/c1-5-33-24(30)17-16-22(18-20-12-8-6-9-13-20)28-25(31)23(19-21-14-10-7-11-15-21)29-26(32)34-27(2,3)4/h6-17,22-23H,5,18-19H2,1-4H3,(H,28,31)(H,29,32)/b17-16+. The van der Waals surface area contributed by atoms with Crippen LogP contribution >= 0.6 is 0 Å². The van der Waals surface area contributed by atoms with Crippen LogP contribution in [-0.4, -0.2) is 42.3 Å². The van der Waals surface area contributed by atoms with Gasteiger partial charge in [0, 0.05) is 12.5 Å². The number of hydrogen-bond acceptors (Lipinski definition) is 5. The largest absolute Gasteiger partial charge is 0.463 e. The number of carbonyl (C=O) groups excluding carboxylic acids is 3. The van der Waals surface area contributed by atoms with Gasteiger partial charge in [0.25, 0.3) is 0 Å². The maximum Gasteiger partial charge on any atom is 0.408 e. The number of hydrogen-bond donors (Lipinski definition) is 2. The van der Waals surface area contributed by atoms with Crippen LogP contribution in [0.1, 0.15) is 38.8 Å². The van der Waals surface area contributed by atoms with Gasteiger partial charge in [-0.05, 0) is 45.2 Å². The molecule has 0 aliphatic heterocycles. The van der Waals surface area contributed by atoms with E-state index in [0.29, 0.717) is 6.42 Å². The molecule has 0 spiro atoms. The van der Waals surface area contributed by atoms with Crippen molar-refractivity contribution in [1.29, 1.82) is 0 Å². The van der Waals surface area contributed by atoms with Crippen LogP contribution in [0.25, 0.3) is 0 Å². The van der Waals surface area contributed by atoms with Crippen molar-refractivity contribution < 1.29 is 23.9 Å². The zero-order valence-electron chi connectivity index (χ0n) is 20.2. The van der Waals surface area contributed by atoms with Crippen molar-refractivity contribution >= 4 is 18.0 Å². The molecule has 0 saturated carbocycles. The molecule has 0 heterocycles. The van der Waals surface area contributed by atoms with Gasteiger partial charge in [-0.25, -0.2) is 9.59 Å². The van der Waals surface area contributed by atoms with Gasteiger partial charge in [-0.2, -0.15) is 0 Å². The summed E-state index contributed by atoms with van der Waals surface area (Å²) < 4.78 is 10.3. The van der Waals surface area contributed by atoms with Gasteiger partial charge in [-0.3, -0.25) is 4.79 Å². The lowest BCUT2D eigenvalue weighted by atomic mass is 10.0. The first kappa shape index (κ1) is 26.6. The number of rotatable bonds is 10. The first-order chi connectivity index (χ1) is 16.2. The Hall–Kier alpha value is -3.61. The van der Waals surface area contributed by atoms with Crippen molar-refractivity contribution in [3.05, 3.63) is 83.9 Å². The van der Waals surface area contributed by atoms with Gasteiger partial charge in [-0.1, -0.05) is 66.7 Å². The van der Waals surface area contributed by atoms with E-state index < -0.39 is 29.7 Å². The molecule has 34 heavy (non-hydrogen) atoms. The second-order valence-electron chi connectivity index (χ2n) is 8.80. The number of alkyl carbamates (subject to hydrolysis) is 1. The molecule has 2 aromatic rings. The number of ether oxygens (including phenoxy) is 2. The zero-order chi connectivity index (χ0) is 25.0. The van der Waals surface area contributed by atoms with E-state index >= 15 is 0 Å². The second kappa shape index (κ2) is 13.2. The minimum atomic E-state index is -0.869. The predicted molar refractivity (Wildman–Crippen MR) is 131 cm³/mol. The van der Waals surface area contributed by atoms with Gasteiger partial charge < -0.3 is 20.1 Å². The summed E-state index contributed by atoms with van der Waals surface area (Å²) in [6, 6.07) is 17.7. The van der Waals surface area contributed by atoms with Gasteiger partial charge in [0.15, 0.2) is 0 Å². The molecule has 0 aliphatic rings. The summed E-state index contributed by atoms with van der Waals surface area (Å²) in [4.78, 5) is 37.6. The van der Waals surface area contributed by atoms with E-state index in [1.165, 1.54) is 6.08 Å². The van der Waals surface area contributed by atoms with Gasteiger partial charge in [0.05, 0.1) is 12.6 Å². The van der Waals surface area contributed by atoms with Crippen molar-refractivity contribution in [3.8, 4) is 0 Å². The molecule has 2 unspecified atom stereocenters. The average molecular weight is 467 g/mol. The molecule has 2 rings (SSSR count). The number of carbonyl (C=O) groups is 3. The van der Waals surface area contributed by atoms with Crippen LogP contribution in [0.5, 0.6) is 0 Å². The topological polar surface area (TPSA) is 93.7 Å². The van der Waals surface area contributed by atoms with Crippen molar-refractivity contribution in [3.63, 3.8) is 0 Å². The Labute approximate surface area is 201 Å². The highest BCUT2D eigenvalue weighted by atomic mass is 16.6. The zero-order valence-corrected chi connectivity index (χ0v) is 20.2. The molecule has 2 aromatic carbocycles. The summed E-state index contributed by atoms with van der Waals surface area (Å²) in [5.41, 5.74) is 1.18. The molecule has 2 N–H and O–H groups in total. The average Bonchev–Trinajstić information content (AvgIpc) is 2.77. The Bertz CT molecular complexity index is 952. The second-order valence-corrected chi connectivity index (χ2v) is 8.80.